The number of imide groups is 1. The largest absolute Gasteiger partial charge is 0.488 e. The Morgan fingerprint density at radius 3 is 2.48 bits per heavy atom. The molecule has 3 aromatic carbocycles. The van der Waals surface area contributed by atoms with Crippen LogP contribution in [0.25, 0.3) is 10.8 Å². The minimum atomic E-state index is -0.323. The average molecular weight is 440 g/mol. The zero-order valence-electron chi connectivity index (χ0n) is 17.7. The van der Waals surface area contributed by atoms with E-state index in [0.717, 1.165) is 22.2 Å². The molecular weight excluding hydrogens is 419 g/mol. The number of allylic oxidation sites excluding steroid dienone is 2. The predicted octanol–water partition coefficient (Wildman–Crippen LogP) is 4.70. The van der Waals surface area contributed by atoms with Crippen molar-refractivity contribution in [3.05, 3.63) is 89.8 Å². The molecule has 1 saturated heterocycles. The molecule has 1 heterocycles. The van der Waals surface area contributed by atoms with Gasteiger partial charge in [-0.3, -0.25) is 9.59 Å². The topological polar surface area (TPSA) is 59.0 Å². The second-order valence-electron chi connectivity index (χ2n) is 8.85. The average Bonchev–Trinajstić information content (AvgIpc) is 3.51. The molecule has 6 heteroatoms. The first-order chi connectivity index (χ1) is 16.1. The maximum absolute atomic E-state index is 13.6. The van der Waals surface area contributed by atoms with Gasteiger partial charge in [0, 0.05) is 5.56 Å². The van der Waals surface area contributed by atoms with Crippen LogP contribution in [-0.4, -0.2) is 23.0 Å². The van der Waals surface area contributed by atoms with Crippen molar-refractivity contribution in [2.24, 2.45) is 28.8 Å². The van der Waals surface area contributed by atoms with Crippen LogP contribution in [0.3, 0.4) is 0 Å². The third-order valence-electron chi connectivity index (χ3n) is 6.96. The summed E-state index contributed by atoms with van der Waals surface area (Å²) in [7, 11) is 0. The van der Waals surface area contributed by atoms with Gasteiger partial charge in [0.05, 0.1) is 18.1 Å². The number of amides is 2. The van der Waals surface area contributed by atoms with E-state index in [4.69, 9.17) is 4.74 Å². The number of halogens is 1. The maximum atomic E-state index is 13.6. The summed E-state index contributed by atoms with van der Waals surface area (Å²) >= 11 is 0. The summed E-state index contributed by atoms with van der Waals surface area (Å²) in [5, 5.41) is 7.27. The van der Waals surface area contributed by atoms with Crippen molar-refractivity contribution in [2.75, 3.05) is 0 Å². The quantitative estimate of drug-likeness (QED) is 0.328. The van der Waals surface area contributed by atoms with Crippen molar-refractivity contribution in [3.8, 4) is 5.75 Å². The number of hydrogen-bond acceptors (Lipinski definition) is 4. The molecule has 1 saturated carbocycles. The molecule has 0 N–H and O–H groups in total. The van der Waals surface area contributed by atoms with Crippen LogP contribution in [0, 0.1) is 29.5 Å². The third-order valence-corrected chi connectivity index (χ3v) is 6.96. The lowest BCUT2D eigenvalue weighted by atomic mass is 9.85. The van der Waals surface area contributed by atoms with Gasteiger partial charge in [0.2, 0.25) is 0 Å². The van der Waals surface area contributed by atoms with E-state index in [0.29, 0.717) is 16.9 Å². The molecule has 0 spiro atoms. The molecule has 2 aliphatic carbocycles. The lowest BCUT2D eigenvalue weighted by molar-refractivity contribution is -0.140. The summed E-state index contributed by atoms with van der Waals surface area (Å²) in [6.07, 6.45) is 6.54. The van der Waals surface area contributed by atoms with E-state index in [1.165, 1.54) is 18.3 Å². The first-order valence-electron chi connectivity index (χ1n) is 11.1. The first kappa shape index (κ1) is 19.9. The van der Waals surface area contributed by atoms with Crippen molar-refractivity contribution >= 4 is 28.8 Å². The second-order valence-corrected chi connectivity index (χ2v) is 8.85. The van der Waals surface area contributed by atoms with E-state index < -0.39 is 0 Å². The molecule has 1 aliphatic heterocycles. The summed E-state index contributed by atoms with van der Waals surface area (Å²) < 4.78 is 19.6. The van der Waals surface area contributed by atoms with Crippen molar-refractivity contribution in [1.29, 1.82) is 0 Å². The Morgan fingerprint density at radius 1 is 0.970 bits per heavy atom. The number of benzene rings is 3. The number of carbonyl (C=O) groups is 2. The minimum Gasteiger partial charge on any atom is -0.488 e. The molecule has 0 aromatic heterocycles. The van der Waals surface area contributed by atoms with Gasteiger partial charge in [-0.25, -0.2) is 4.39 Å². The van der Waals surface area contributed by atoms with Crippen molar-refractivity contribution < 1.29 is 18.7 Å². The molecule has 4 atom stereocenters. The van der Waals surface area contributed by atoms with Crippen LogP contribution < -0.4 is 4.74 Å². The fraction of sp³-hybridized carbons (Fsp3) is 0.222. The molecule has 0 unspecified atom stereocenters. The van der Waals surface area contributed by atoms with Crippen molar-refractivity contribution in [1.82, 2.24) is 5.01 Å². The molecule has 2 bridgehead atoms. The third kappa shape index (κ3) is 3.25. The number of fused-ring (bicyclic) bond motifs is 6. The van der Waals surface area contributed by atoms with Crippen LogP contribution in [0.2, 0.25) is 0 Å². The van der Waals surface area contributed by atoms with Crippen LogP contribution in [-0.2, 0) is 16.2 Å². The summed E-state index contributed by atoms with van der Waals surface area (Å²) in [6.45, 7) is 0.178. The van der Waals surface area contributed by atoms with E-state index in [9.17, 15) is 14.0 Å². The highest BCUT2D eigenvalue weighted by Crippen LogP contribution is 2.52. The predicted molar refractivity (Wildman–Crippen MR) is 122 cm³/mol. The van der Waals surface area contributed by atoms with Crippen LogP contribution in [0.4, 0.5) is 4.39 Å². The highest BCUT2D eigenvalue weighted by atomic mass is 19.1. The molecule has 33 heavy (non-hydrogen) atoms. The van der Waals surface area contributed by atoms with E-state index in [-0.39, 0.29) is 47.9 Å². The van der Waals surface area contributed by atoms with Gasteiger partial charge in [0.15, 0.2) is 0 Å². The normalized spacial score (nSPS) is 25.5. The van der Waals surface area contributed by atoms with Crippen LogP contribution >= 0.6 is 0 Å². The van der Waals surface area contributed by atoms with Gasteiger partial charge >= 0.3 is 0 Å². The number of hydrogen-bond donors (Lipinski definition) is 0. The van der Waals surface area contributed by atoms with E-state index in [2.05, 4.69) is 17.3 Å². The Hall–Kier alpha value is -3.80. The number of ether oxygens (including phenoxy) is 1. The first-order valence-corrected chi connectivity index (χ1v) is 11.1. The molecule has 3 aromatic rings. The highest BCUT2D eigenvalue weighted by Gasteiger charge is 2.59. The standard InChI is InChI=1S/C27H21FN2O3/c28-20-6-3-4-16(12-20)15-33-23-11-10-17-5-1-2-7-21(17)22(23)14-29-30-26(31)24-18-8-9-19(13-18)25(24)27(30)32/h1-12,14,18-19,24-25H,13,15H2/t18-,19-,24-,25+/m0/s1. The molecule has 0 radical (unpaired) electrons. The summed E-state index contributed by atoms with van der Waals surface area (Å²) in [6, 6.07) is 17.8. The lowest BCUT2D eigenvalue weighted by Gasteiger charge is -2.14. The molecule has 2 amide bonds. The molecule has 164 valence electrons. The Kier molecular flexibility index (Phi) is 4.61. The number of hydrazone groups is 1. The van der Waals surface area contributed by atoms with E-state index >= 15 is 0 Å². The Labute approximate surface area is 190 Å². The van der Waals surface area contributed by atoms with Gasteiger partial charge in [-0.15, -0.1) is 0 Å². The van der Waals surface area contributed by atoms with Crippen molar-refractivity contribution in [2.45, 2.75) is 13.0 Å². The van der Waals surface area contributed by atoms with Gasteiger partial charge in [-0.05, 0) is 52.8 Å². The Balaban J connectivity index is 1.33. The van der Waals surface area contributed by atoms with Gasteiger partial charge in [0.25, 0.3) is 11.8 Å². The Morgan fingerprint density at radius 2 is 1.73 bits per heavy atom. The van der Waals surface area contributed by atoms with E-state index in [1.807, 2.05) is 36.4 Å². The fourth-order valence-electron chi connectivity index (χ4n) is 5.44. The van der Waals surface area contributed by atoms with E-state index in [1.54, 1.807) is 12.1 Å². The summed E-state index contributed by atoms with van der Waals surface area (Å²) in [4.78, 5) is 26.0. The maximum Gasteiger partial charge on any atom is 0.254 e. The minimum absolute atomic E-state index is 0.138. The van der Waals surface area contributed by atoms with Crippen LogP contribution in [0.1, 0.15) is 17.5 Å². The Bertz CT molecular complexity index is 1320. The zero-order valence-corrected chi connectivity index (χ0v) is 17.7. The number of rotatable bonds is 5. The number of carbonyl (C=O) groups excluding carboxylic acids is 2. The highest BCUT2D eigenvalue weighted by molar-refractivity contribution is 6.08. The van der Waals surface area contributed by atoms with Gasteiger partial charge in [-0.2, -0.15) is 10.1 Å². The van der Waals surface area contributed by atoms with Gasteiger partial charge < -0.3 is 4.74 Å². The molecular formula is C27H21FN2O3. The monoisotopic (exact) mass is 440 g/mol. The summed E-state index contributed by atoms with van der Waals surface area (Å²) in [5.74, 6) is -0.527. The molecule has 6 rings (SSSR count). The molecule has 3 aliphatic rings. The molecule has 5 nitrogen and oxygen atoms in total. The number of nitrogens with zero attached hydrogens (tertiary/aromatic N) is 2. The van der Waals surface area contributed by atoms with Crippen molar-refractivity contribution in [3.63, 3.8) is 0 Å². The zero-order chi connectivity index (χ0) is 22.5. The van der Waals surface area contributed by atoms with Gasteiger partial charge in [0.1, 0.15) is 18.2 Å². The summed E-state index contributed by atoms with van der Waals surface area (Å²) in [5.41, 5.74) is 1.37. The second kappa shape index (κ2) is 7.66. The SMILES string of the molecule is O=C1[C@@H]2[C@H](C(=O)N1N=Cc1c(OCc3cccc(F)c3)ccc3ccccc13)[C@H]1C=C[C@H]2C1. The molecule has 2 fully saturated rings. The van der Waals surface area contributed by atoms with Gasteiger partial charge in [-0.1, -0.05) is 54.6 Å². The smallest absolute Gasteiger partial charge is 0.254 e. The van der Waals surface area contributed by atoms with Crippen LogP contribution in [0.5, 0.6) is 5.75 Å². The lowest BCUT2D eigenvalue weighted by Crippen LogP contribution is -2.28. The fourth-order valence-corrected chi connectivity index (χ4v) is 5.44. The van der Waals surface area contributed by atoms with Crippen LogP contribution in [0.15, 0.2) is 77.9 Å².